The molecular formula is C25H30ClN3O4. The van der Waals surface area contributed by atoms with Crippen molar-refractivity contribution in [3.05, 3.63) is 51.6 Å². The van der Waals surface area contributed by atoms with Gasteiger partial charge in [-0.25, -0.2) is 0 Å². The van der Waals surface area contributed by atoms with Gasteiger partial charge in [0.25, 0.3) is 0 Å². The number of hydrogen-bond donors (Lipinski definition) is 0. The summed E-state index contributed by atoms with van der Waals surface area (Å²) >= 11 is 6.34. The van der Waals surface area contributed by atoms with E-state index >= 15 is 0 Å². The number of aromatic nitrogens is 1. The van der Waals surface area contributed by atoms with Gasteiger partial charge in [0.15, 0.2) is 5.43 Å². The van der Waals surface area contributed by atoms with E-state index in [4.69, 9.17) is 25.8 Å². The van der Waals surface area contributed by atoms with Crippen molar-refractivity contribution in [2.24, 2.45) is 0 Å². The Balaban J connectivity index is 1.45. The summed E-state index contributed by atoms with van der Waals surface area (Å²) < 4.78 is 19.2. The molecule has 5 rings (SSSR count). The molecule has 3 heterocycles. The highest BCUT2D eigenvalue weighted by molar-refractivity contribution is 6.31. The fraction of sp³-hybridized carbons (Fsp3) is 0.480. The van der Waals surface area contributed by atoms with Gasteiger partial charge in [0, 0.05) is 67.7 Å². The SMILES string of the molecule is O=c1c2ccc(Cl)cc2n(CCN2CCOCC2)c2cc(OCCN3CCOCC3)ccc12. The first-order chi connectivity index (χ1) is 16.2. The molecule has 2 aliphatic heterocycles. The second-order valence-electron chi connectivity index (χ2n) is 8.58. The number of morpholine rings is 2. The van der Waals surface area contributed by atoms with Crippen LogP contribution < -0.4 is 10.2 Å². The van der Waals surface area contributed by atoms with Gasteiger partial charge in [-0.05, 0) is 30.3 Å². The van der Waals surface area contributed by atoms with E-state index in [0.717, 1.165) is 89.0 Å². The van der Waals surface area contributed by atoms with Crippen LogP contribution in [-0.4, -0.2) is 86.7 Å². The molecule has 1 aromatic heterocycles. The molecule has 2 fully saturated rings. The van der Waals surface area contributed by atoms with Crippen LogP contribution in [0.5, 0.6) is 5.75 Å². The van der Waals surface area contributed by atoms with E-state index in [-0.39, 0.29) is 5.43 Å². The molecule has 3 aromatic rings. The quantitative estimate of drug-likeness (QED) is 0.494. The average molecular weight is 472 g/mol. The van der Waals surface area contributed by atoms with E-state index in [1.54, 1.807) is 6.07 Å². The maximum absolute atomic E-state index is 13.2. The maximum Gasteiger partial charge on any atom is 0.197 e. The van der Waals surface area contributed by atoms with Crippen molar-refractivity contribution >= 4 is 33.4 Å². The molecule has 8 heteroatoms. The second-order valence-corrected chi connectivity index (χ2v) is 9.01. The molecule has 0 saturated carbocycles. The average Bonchev–Trinajstić information content (AvgIpc) is 2.85. The van der Waals surface area contributed by atoms with Gasteiger partial charge in [-0.2, -0.15) is 0 Å². The first kappa shape index (κ1) is 22.6. The predicted molar refractivity (Wildman–Crippen MR) is 131 cm³/mol. The van der Waals surface area contributed by atoms with Gasteiger partial charge < -0.3 is 18.8 Å². The van der Waals surface area contributed by atoms with Crippen LogP contribution in [0.25, 0.3) is 21.8 Å². The molecule has 33 heavy (non-hydrogen) atoms. The predicted octanol–water partition coefficient (Wildman–Crippen LogP) is 2.85. The summed E-state index contributed by atoms with van der Waals surface area (Å²) in [4.78, 5) is 18.0. The number of nitrogens with zero attached hydrogens (tertiary/aromatic N) is 3. The van der Waals surface area contributed by atoms with Crippen LogP contribution in [0.3, 0.4) is 0 Å². The first-order valence-electron chi connectivity index (χ1n) is 11.7. The Kier molecular flexibility index (Phi) is 7.13. The molecule has 0 amide bonds. The van der Waals surface area contributed by atoms with Crippen molar-refractivity contribution < 1.29 is 14.2 Å². The zero-order valence-corrected chi connectivity index (χ0v) is 19.6. The number of fused-ring (bicyclic) bond motifs is 2. The van der Waals surface area contributed by atoms with E-state index in [1.807, 2.05) is 30.3 Å². The molecule has 0 radical (unpaired) electrons. The highest BCUT2D eigenvalue weighted by Gasteiger charge is 2.16. The van der Waals surface area contributed by atoms with Crippen molar-refractivity contribution in [1.82, 2.24) is 14.4 Å². The fourth-order valence-electron chi connectivity index (χ4n) is 4.64. The Bertz CT molecular complexity index is 1170. The standard InChI is InChI=1S/C25H30ClN3O4/c26-19-1-3-21-23(17-19)29(6-5-27-7-12-31-13-8-27)24-18-20(2-4-22(24)25(21)30)33-16-11-28-9-14-32-15-10-28/h1-4,17-18H,5-16H2. The second kappa shape index (κ2) is 10.4. The summed E-state index contributed by atoms with van der Waals surface area (Å²) in [5, 5.41) is 2.02. The summed E-state index contributed by atoms with van der Waals surface area (Å²) in [5.74, 6) is 0.775. The molecule has 2 saturated heterocycles. The lowest BCUT2D eigenvalue weighted by Gasteiger charge is -2.27. The molecule has 0 N–H and O–H groups in total. The van der Waals surface area contributed by atoms with Gasteiger partial charge in [-0.3, -0.25) is 14.6 Å². The third-order valence-corrected chi connectivity index (χ3v) is 6.76. The van der Waals surface area contributed by atoms with E-state index in [9.17, 15) is 4.79 Å². The maximum atomic E-state index is 13.2. The van der Waals surface area contributed by atoms with E-state index < -0.39 is 0 Å². The first-order valence-corrected chi connectivity index (χ1v) is 12.1. The molecule has 2 aliphatic rings. The molecule has 0 atom stereocenters. The fourth-order valence-corrected chi connectivity index (χ4v) is 4.80. The van der Waals surface area contributed by atoms with Gasteiger partial charge in [0.2, 0.25) is 0 Å². The van der Waals surface area contributed by atoms with Crippen LogP contribution in [0.15, 0.2) is 41.2 Å². The van der Waals surface area contributed by atoms with Gasteiger partial charge in [-0.1, -0.05) is 11.6 Å². The zero-order valence-electron chi connectivity index (χ0n) is 18.8. The monoisotopic (exact) mass is 471 g/mol. The largest absolute Gasteiger partial charge is 0.492 e. The Hall–Kier alpha value is -2.16. The van der Waals surface area contributed by atoms with Crippen molar-refractivity contribution in [2.75, 3.05) is 72.3 Å². The number of halogens is 1. The summed E-state index contributed by atoms with van der Waals surface area (Å²) in [6, 6.07) is 11.3. The number of rotatable bonds is 7. The van der Waals surface area contributed by atoms with Crippen LogP contribution in [-0.2, 0) is 16.0 Å². The molecule has 0 spiro atoms. The van der Waals surface area contributed by atoms with Crippen molar-refractivity contribution in [1.29, 1.82) is 0 Å². The van der Waals surface area contributed by atoms with Crippen LogP contribution in [0.4, 0.5) is 0 Å². The van der Waals surface area contributed by atoms with Crippen LogP contribution in [0.2, 0.25) is 5.02 Å². The summed E-state index contributed by atoms with van der Waals surface area (Å²) in [6.07, 6.45) is 0. The topological polar surface area (TPSA) is 56.2 Å². The molecule has 0 bridgehead atoms. The third kappa shape index (κ3) is 5.18. The number of benzene rings is 2. The molecule has 7 nitrogen and oxygen atoms in total. The van der Waals surface area contributed by atoms with Crippen LogP contribution in [0, 0.1) is 0 Å². The van der Waals surface area contributed by atoms with Gasteiger partial charge >= 0.3 is 0 Å². The minimum Gasteiger partial charge on any atom is -0.492 e. The Morgan fingerprint density at radius 2 is 1.39 bits per heavy atom. The Morgan fingerprint density at radius 3 is 2.09 bits per heavy atom. The summed E-state index contributed by atoms with van der Waals surface area (Å²) in [6.45, 7) is 9.90. The van der Waals surface area contributed by atoms with E-state index in [0.29, 0.717) is 22.4 Å². The highest BCUT2D eigenvalue weighted by Crippen LogP contribution is 2.25. The molecule has 176 valence electrons. The minimum absolute atomic E-state index is 0.0270. The normalized spacial score (nSPS) is 18.2. The van der Waals surface area contributed by atoms with Crippen LogP contribution in [0.1, 0.15) is 0 Å². The summed E-state index contributed by atoms with van der Waals surface area (Å²) in [7, 11) is 0. The number of pyridine rings is 1. The third-order valence-electron chi connectivity index (χ3n) is 6.52. The molecule has 0 unspecified atom stereocenters. The molecule has 0 aliphatic carbocycles. The summed E-state index contributed by atoms with van der Waals surface area (Å²) in [5.41, 5.74) is 1.77. The lowest BCUT2D eigenvalue weighted by molar-refractivity contribution is 0.0322. The Labute approximate surface area is 198 Å². The van der Waals surface area contributed by atoms with E-state index in [2.05, 4.69) is 14.4 Å². The van der Waals surface area contributed by atoms with Crippen molar-refractivity contribution in [3.8, 4) is 5.75 Å². The zero-order chi connectivity index (χ0) is 22.6. The number of ether oxygens (including phenoxy) is 3. The van der Waals surface area contributed by atoms with Crippen LogP contribution >= 0.6 is 11.6 Å². The van der Waals surface area contributed by atoms with Gasteiger partial charge in [-0.15, -0.1) is 0 Å². The Morgan fingerprint density at radius 1 is 0.788 bits per heavy atom. The van der Waals surface area contributed by atoms with Gasteiger partial charge in [0.1, 0.15) is 12.4 Å². The minimum atomic E-state index is 0.0270. The lowest BCUT2D eigenvalue weighted by atomic mass is 10.1. The smallest absolute Gasteiger partial charge is 0.197 e. The van der Waals surface area contributed by atoms with Crippen molar-refractivity contribution in [2.45, 2.75) is 6.54 Å². The van der Waals surface area contributed by atoms with Crippen molar-refractivity contribution in [3.63, 3.8) is 0 Å². The molecule has 2 aromatic carbocycles. The molecular weight excluding hydrogens is 442 g/mol. The number of hydrogen-bond acceptors (Lipinski definition) is 6. The highest BCUT2D eigenvalue weighted by atomic mass is 35.5. The lowest BCUT2D eigenvalue weighted by Crippen LogP contribution is -2.38. The van der Waals surface area contributed by atoms with Gasteiger partial charge in [0.05, 0.1) is 37.5 Å². The van der Waals surface area contributed by atoms with E-state index in [1.165, 1.54) is 0 Å².